The highest BCUT2D eigenvalue weighted by Crippen LogP contribution is 2.28. The second-order valence-electron chi connectivity index (χ2n) is 6.01. The van der Waals surface area contributed by atoms with Gasteiger partial charge < -0.3 is 15.0 Å². The number of carbonyl (C=O) groups is 2. The Kier molecular flexibility index (Phi) is 5.02. The maximum absolute atomic E-state index is 13.8. The normalized spacial score (nSPS) is 16.3. The van der Waals surface area contributed by atoms with E-state index in [4.69, 9.17) is 4.74 Å². The SMILES string of the molecule is COc1ccc(N2C[C@@H](C(=O)Nc3cc([N+](=O)[O-])ccc3F)CC2=O)cc1. The van der Waals surface area contributed by atoms with Crippen LogP contribution in [0.4, 0.5) is 21.5 Å². The Labute approximate surface area is 153 Å². The molecule has 1 N–H and O–H groups in total. The molecule has 9 heteroatoms. The van der Waals surface area contributed by atoms with Gasteiger partial charge in [-0.25, -0.2) is 4.39 Å². The van der Waals surface area contributed by atoms with Crippen molar-refractivity contribution in [1.82, 2.24) is 0 Å². The van der Waals surface area contributed by atoms with Crippen LogP contribution < -0.4 is 15.0 Å². The van der Waals surface area contributed by atoms with E-state index in [9.17, 15) is 24.1 Å². The average molecular weight is 373 g/mol. The molecule has 2 aromatic rings. The second kappa shape index (κ2) is 7.40. The highest BCUT2D eigenvalue weighted by Gasteiger charge is 2.35. The van der Waals surface area contributed by atoms with Crippen molar-refractivity contribution in [3.63, 3.8) is 0 Å². The lowest BCUT2D eigenvalue weighted by Crippen LogP contribution is -2.28. The van der Waals surface area contributed by atoms with Crippen LogP contribution in [0.3, 0.4) is 0 Å². The first-order chi connectivity index (χ1) is 12.9. The fourth-order valence-corrected chi connectivity index (χ4v) is 2.85. The van der Waals surface area contributed by atoms with E-state index in [2.05, 4.69) is 5.32 Å². The highest BCUT2D eigenvalue weighted by atomic mass is 19.1. The van der Waals surface area contributed by atoms with E-state index in [-0.39, 0.29) is 30.2 Å². The summed E-state index contributed by atoms with van der Waals surface area (Å²) >= 11 is 0. The molecule has 1 atom stereocenters. The Morgan fingerprint density at radius 1 is 1.30 bits per heavy atom. The predicted octanol–water partition coefficient (Wildman–Crippen LogP) is 2.73. The van der Waals surface area contributed by atoms with Crippen LogP contribution in [0.5, 0.6) is 5.75 Å². The summed E-state index contributed by atoms with van der Waals surface area (Å²) in [7, 11) is 1.53. The smallest absolute Gasteiger partial charge is 0.271 e. The Hall–Kier alpha value is -3.49. The van der Waals surface area contributed by atoms with E-state index in [1.807, 2.05) is 0 Å². The summed E-state index contributed by atoms with van der Waals surface area (Å²) in [6.07, 6.45) is -0.0333. The van der Waals surface area contributed by atoms with Crippen LogP contribution in [0.15, 0.2) is 42.5 Å². The Morgan fingerprint density at radius 3 is 2.63 bits per heavy atom. The molecule has 0 bridgehead atoms. The minimum atomic E-state index is -0.787. The van der Waals surface area contributed by atoms with Crippen molar-refractivity contribution in [1.29, 1.82) is 0 Å². The number of hydrogen-bond acceptors (Lipinski definition) is 5. The number of benzene rings is 2. The number of hydrogen-bond donors (Lipinski definition) is 1. The summed E-state index contributed by atoms with van der Waals surface area (Å²) in [6, 6.07) is 9.69. The third kappa shape index (κ3) is 3.86. The van der Waals surface area contributed by atoms with Gasteiger partial charge in [0.1, 0.15) is 11.6 Å². The number of rotatable bonds is 5. The van der Waals surface area contributed by atoms with Gasteiger partial charge in [-0.2, -0.15) is 0 Å². The van der Waals surface area contributed by atoms with E-state index in [1.54, 1.807) is 24.3 Å². The maximum atomic E-state index is 13.8. The molecule has 0 radical (unpaired) electrons. The van der Waals surface area contributed by atoms with E-state index in [1.165, 1.54) is 12.0 Å². The maximum Gasteiger partial charge on any atom is 0.271 e. The van der Waals surface area contributed by atoms with E-state index < -0.39 is 22.6 Å². The molecule has 1 aliphatic heterocycles. The van der Waals surface area contributed by atoms with Crippen molar-refractivity contribution in [3.05, 3.63) is 58.4 Å². The molecule has 2 aromatic carbocycles. The van der Waals surface area contributed by atoms with Gasteiger partial charge in [-0.1, -0.05) is 0 Å². The van der Waals surface area contributed by atoms with Crippen LogP contribution in [-0.4, -0.2) is 30.4 Å². The molecule has 1 saturated heterocycles. The molecular formula is C18H16FN3O5. The average Bonchev–Trinajstić information content (AvgIpc) is 3.05. The topological polar surface area (TPSA) is 102 Å². The minimum absolute atomic E-state index is 0.0333. The number of methoxy groups -OCH3 is 1. The quantitative estimate of drug-likeness (QED) is 0.641. The minimum Gasteiger partial charge on any atom is -0.497 e. The van der Waals surface area contributed by atoms with Crippen LogP contribution >= 0.6 is 0 Å². The van der Waals surface area contributed by atoms with Crippen LogP contribution in [0.2, 0.25) is 0 Å². The molecule has 1 heterocycles. The van der Waals surface area contributed by atoms with E-state index in [0.717, 1.165) is 18.2 Å². The molecule has 0 unspecified atom stereocenters. The number of amides is 2. The standard InChI is InChI=1S/C18H16FN3O5/c1-27-14-5-2-12(3-6-14)21-10-11(8-17(21)23)18(24)20-16-9-13(22(25)26)4-7-15(16)19/h2-7,9,11H,8,10H2,1H3,(H,20,24)/t11-/m0/s1. The van der Waals surface area contributed by atoms with Gasteiger partial charge in [0.25, 0.3) is 5.69 Å². The van der Waals surface area contributed by atoms with Gasteiger partial charge in [0.05, 0.1) is 23.6 Å². The van der Waals surface area contributed by atoms with Crippen LogP contribution in [-0.2, 0) is 9.59 Å². The monoisotopic (exact) mass is 373 g/mol. The fraction of sp³-hybridized carbons (Fsp3) is 0.222. The number of carbonyl (C=O) groups excluding carboxylic acids is 2. The second-order valence-corrected chi connectivity index (χ2v) is 6.01. The van der Waals surface area contributed by atoms with Crippen molar-refractivity contribution in [2.45, 2.75) is 6.42 Å². The van der Waals surface area contributed by atoms with Crippen molar-refractivity contribution in [3.8, 4) is 5.75 Å². The lowest BCUT2D eigenvalue weighted by molar-refractivity contribution is -0.384. The number of nitro benzene ring substituents is 1. The van der Waals surface area contributed by atoms with Crippen molar-refractivity contribution in [2.24, 2.45) is 5.92 Å². The summed E-state index contributed by atoms with van der Waals surface area (Å²) in [5.74, 6) is -1.65. The third-order valence-electron chi connectivity index (χ3n) is 4.30. The summed E-state index contributed by atoms with van der Waals surface area (Å²) in [5, 5.41) is 13.1. The first-order valence-corrected chi connectivity index (χ1v) is 8.08. The summed E-state index contributed by atoms with van der Waals surface area (Å²) < 4.78 is 18.9. The molecule has 1 fully saturated rings. The molecule has 2 amide bonds. The highest BCUT2D eigenvalue weighted by molar-refractivity contribution is 6.03. The van der Waals surface area contributed by atoms with Gasteiger partial charge >= 0.3 is 0 Å². The summed E-state index contributed by atoms with van der Waals surface area (Å²) in [6.45, 7) is 0.132. The number of nitrogens with one attached hydrogen (secondary N) is 1. The van der Waals surface area contributed by atoms with Crippen LogP contribution in [0.1, 0.15) is 6.42 Å². The number of nitrogens with zero attached hydrogens (tertiary/aromatic N) is 2. The Morgan fingerprint density at radius 2 is 2.00 bits per heavy atom. The zero-order chi connectivity index (χ0) is 19.6. The Balaban J connectivity index is 1.72. The molecule has 0 saturated carbocycles. The third-order valence-corrected chi connectivity index (χ3v) is 4.30. The molecular weight excluding hydrogens is 357 g/mol. The van der Waals surface area contributed by atoms with Gasteiger partial charge in [-0.15, -0.1) is 0 Å². The van der Waals surface area contributed by atoms with Gasteiger partial charge in [0, 0.05) is 30.8 Å². The van der Waals surface area contributed by atoms with E-state index in [0.29, 0.717) is 11.4 Å². The Bertz CT molecular complexity index is 900. The van der Waals surface area contributed by atoms with Crippen LogP contribution in [0.25, 0.3) is 0 Å². The number of non-ortho nitro benzene ring substituents is 1. The first kappa shape index (κ1) is 18.3. The molecule has 0 spiro atoms. The largest absolute Gasteiger partial charge is 0.497 e. The lowest BCUT2D eigenvalue weighted by atomic mass is 10.1. The number of nitro groups is 1. The van der Waals surface area contributed by atoms with Gasteiger partial charge in [0.2, 0.25) is 11.8 Å². The van der Waals surface area contributed by atoms with Crippen molar-refractivity contribution >= 4 is 28.9 Å². The number of anilines is 2. The van der Waals surface area contributed by atoms with Crippen LogP contribution in [0, 0.1) is 21.8 Å². The molecule has 0 aliphatic carbocycles. The first-order valence-electron chi connectivity index (χ1n) is 8.08. The molecule has 0 aromatic heterocycles. The molecule has 8 nitrogen and oxygen atoms in total. The van der Waals surface area contributed by atoms with Gasteiger partial charge in [0.15, 0.2) is 0 Å². The zero-order valence-electron chi connectivity index (χ0n) is 14.3. The summed E-state index contributed by atoms with van der Waals surface area (Å²) in [5.41, 5.74) is -0.00349. The van der Waals surface area contributed by atoms with Crippen molar-refractivity contribution < 1.29 is 23.6 Å². The van der Waals surface area contributed by atoms with Gasteiger partial charge in [-0.3, -0.25) is 19.7 Å². The predicted molar refractivity (Wildman–Crippen MR) is 95.1 cm³/mol. The molecule has 1 aliphatic rings. The van der Waals surface area contributed by atoms with Gasteiger partial charge in [-0.05, 0) is 30.3 Å². The lowest BCUT2D eigenvalue weighted by Gasteiger charge is -2.17. The fourth-order valence-electron chi connectivity index (χ4n) is 2.85. The number of ether oxygens (including phenoxy) is 1. The zero-order valence-corrected chi connectivity index (χ0v) is 14.3. The molecule has 140 valence electrons. The summed E-state index contributed by atoms with van der Waals surface area (Å²) in [4.78, 5) is 36.3. The molecule has 3 rings (SSSR count). The molecule has 27 heavy (non-hydrogen) atoms. The van der Waals surface area contributed by atoms with E-state index >= 15 is 0 Å². The van der Waals surface area contributed by atoms with Crippen molar-refractivity contribution in [2.75, 3.05) is 23.9 Å². The number of halogens is 1.